The van der Waals surface area contributed by atoms with Crippen LogP contribution in [0.1, 0.15) is 0 Å². The van der Waals surface area contributed by atoms with E-state index in [2.05, 4.69) is 0 Å². The van der Waals surface area contributed by atoms with Gasteiger partial charge in [-0.15, -0.1) is 0 Å². The predicted molar refractivity (Wildman–Crippen MR) is 40.2 cm³/mol. The number of halogens is 1. The van der Waals surface area contributed by atoms with Crippen LogP contribution in [0.3, 0.4) is 0 Å². The monoisotopic (exact) mass is 216 g/mol. The summed E-state index contributed by atoms with van der Waals surface area (Å²) in [6.45, 7) is 0. The molecule has 0 saturated carbocycles. The molecular formula is C6HFN2O6. The first-order valence-corrected chi connectivity index (χ1v) is 3.35. The van der Waals surface area contributed by atoms with Gasteiger partial charge in [0.15, 0.2) is 5.83 Å². The Kier molecular flexibility index (Phi) is 2.38. The van der Waals surface area contributed by atoms with E-state index in [1.807, 2.05) is 0 Å². The van der Waals surface area contributed by atoms with E-state index in [0.29, 0.717) is 0 Å². The number of carbonyl (C=O) groups is 2. The molecular weight excluding hydrogens is 215 g/mol. The molecule has 0 amide bonds. The zero-order chi connectivity index (χ0) is 11.7. The quantitative estimate of drug-likeness (QED) is 0.356. The van der Waals surface area contributed by atoms with Crippen molar-refractivity contribution in [2.45, 2.75) is 0 Å². The zero-order valence-corrected chi connectivity index (χ0v) is 6.80. The van der Waals surface area contributed by atoms with Crippen LogP contribution in [0.15, 0.2) is 23.3 Å². The molecule has 0 unspecified atom stereocenters. The minimum Gasteiger partial charge on any atom is -0.282 e. The van der Waals surface area contributed by atoms with Crippen LogP contribution < -0.4 is 0 Å². The number of rotatable bonds is 2. The Bertz CT molecular complexity index is 462. The van der Waals surface area contributed by atoms with Gasteiger partial charge in [0, 0.05) is 6.08 Å². The van der Waals surface area contributed by atoms with E-state index in [1.165, 1.54) is 0 Å². The van der Waals surface area contributed by atoms with Crippen LogP contribution in [-0.4, -0.2) is 21.4 Å². The topological polar surface area (TPSA) is 120 Å². The van der Waals surface area contributed by atoms with Gasteiger partial charge >= 0.3 is 11.4 Å². The third-order valence-corrected chi connectivity index (χ3v) is 1.51. The first-order valence-electron chi connectivity index (χ1n) is 3.35. The summed E-state index contributed by atoms with van der Waals surface area (Å²) in [7, 11) is 0. The number of hydrogen-bond acceptors (Lipinski definition) is 6. The Morgan fingerprint density at radius 3 is 1.93 bits per heavy atom. The highest BCUT2D eigenvalue weighted by molar-refractivity contribution is 6.19. The van der Waals surface area contributed by atoms with Gasteiger partial charge in [-0.05, 0) is 0 Å². The highest BCUT2D eigenvalue weighted by Gasteiger charge is 2.45. The Balaban J connectivity index is 3.48. The first kappa shape index (κ1) is 10.6. The van der Waals surface area contributed by atoms with Crippen LogP contribution >= 0.6 is 0 Å². The van der Waals surface area contributed by atoms with Gasteiger partial charge in [-0.2, -0.15) is 0 Å². The maximum atomic E-state index is 12.6. The van der Waals surface area contributed by atoms with E-state index in [4.69, 9.17) is 0 Å². The number of nitrogens with zero attached hydrogens (tertiary/aromatic N) is 2. The molecule has 0 radical (unpaired) electrons. The fourth-order valence-electron chi connectivity index (χ4n) is 0.932. The lowest BCUT2D eigenvalue weighted by atomic mass is 10.1. The van der Waals surface area contributed by atoms with Crippen molar-refractivity contribution in [1.82, 2.24) is 0 Å². The summed E-state index contributed by atoms with van der Waals surface area (Å²) in [4.78, 5) is 39.3. The van der Waals surface area contributed by atoms with Crippen molar-refractivity contribution in [3.05, 3.63) is 43.5 Å². The van der Waals surface area contributed by atoms with Crippen molar-refractivity contribution < 1.29 is 23.8 Å². The highest BCUT2D eigenvalue weighted by Crippen LogP contribution is 2.20. The molecule has 0 aliphatic heterocycles. The van der Waals surface area contributed by atoms with Crippen molar-refractivity contribution in [1.29, 1.82) is 0 Å². The Hall–Kier alpha value is -2.45. The maximum absolute atomic E-state index is 12.6. The number of Topliss-reactive ketones (excluding diaryl/α,β-unsaturated/α-hetero) is 1. The van der Waals surface area contributed by atoms with Gasteiger partial charge in [0.25, 0.3) is 11.6 Å². The molecule has 0 aromatic carbocycles. The summed E-state index contributed by atoms with van der Waals surface area (Å²) >= 11 is 0. The fraction of sp³-hybridized carbons (Fsp3) is 0. The number of carbonyl (C=O) groups excluding carboxylic acids is 2. The molecule has 0 atom stereocenters. The molecule has 0 heterocycles. The Morgan fingerprint density at radius 1 is 1.07 bits per heavy atom. The van der Waals surface area contributed by atoms with E-state index in [0.717, 1.165) is 0 Å². The zero-order valence-electron chi connectivity index (χ0n) is 6.80. The first-order chi connectivity index (χ1) is 6.86. The summed E-state index contributed by atoms with van der Waals surface area (Å²) in [5, 5.41) is 20.5. The van der Waals surface area contributed by atoms with Crippen LogP contribution in [-0.2, 0) is 9.59 Å². The van der Waals surface area contributed by atoms with Crippen LogP contribution in [0.2, 0.25) is 0 Å². The van der Waals surface area contributed by atoms with Crippen molar-refractivity contribution in [3.63, 3.8) is 0 Å². The largest absolute Gasteiger partial charge is 0.400 e. The Labute approximate surface area is 80.0 Å². The minimum atomic E-state index is -1.77. The predicted octanol–water partition coefficient (Wildman–Crippen LogP) is -0.243. The van der Waals surface area contributed by atoms with Gasteiger partial charge < -0.3 is 0 Å². The van der Waals surface area contributed by atoms with Crippen molar-refractivity contribution in [3.8, 4) is 0 Å². The average molecular weight is 216 g/mol. The lowest BCUT2D eigenvalue weighted by Crippen LogP contribution is -2.26. The lowest BCUT2D eigenvalue weighted by Gasteiger charge is -2.01. The van der Waals surface area contributed by atoms with E-state index >= 15 is 0 Å². The third-order valence-electron chi connectivity index (χ3n) is 1.51. The molecule has 0 N–H and O–H groups in total. The third kappa shape index (κ3) is 1.61. The second-order valence-corrected chi connectivity index (χ2v) is 2.40. The average Bonchev–Trinajstić information content (AvgIpc) is 2.09. The molecule has 0 aromatic rings. The number of allylic oxidation sites excluding steroid dienone is 2. The number of nitro groups is 2. The van der Waals surface area contributed by atoms with Crippen LogP contribution in [0.5, 0.6) is 0 Å². The molecule has 1 rings (SSSR count). The molecule has 15 heavy (non-hydrogen) atoms. The molecule has 78 valence electrons. The standard InChI is InChI=1S/C6HFN2O6/c7-2-1-3(10)4(8(12)13)5(6(2)11)9(14)15/h1H. The highest BCUT2D eigenvalue weighted by atomic mass is 19.1. The van der Waals surface area contributed by atoms with E-state index < -0.39 is 38.6 Å². The van der Waals surface area contributed by atoms with Crippen molar-refractivity contribution in [2.24, 2.45) is 0 Å². The van der Waals surface area contributed by atoms with E-state index in [9.17, 15) is 34.2 Å². The second kappa shape index (κ2) is 3.36. The molecule has 0 fully saturated rings. The van der Waals surface area contributed by atoms with Crippen LogP contribution in [0.25, 0.3) is 0 Å². The molecule has 0 saturated heterocycles. The van der Waals surface area contributed by atoms with Crippen molar-refractivity contribution in [2.75, 3.05) is 0 Å². The Morgan fingerprint density at radius 2 is 1.53 bits per heavy atom. The van der Waals surface area contributed by atoms with Crippen LogP contribution in [0, 0.1) is 20.2 Å². The lowest BCUT2D eigenvalue weighted by molar-refractivity contribution is -0.462. The van der Waals surface area contributed by atoms with E-state index in [1.54, 1.807) is 0 Å². The molecule has 8 nitrogen and oxygen atoms in total. The van der Waals surface area contributed by atoms with Gasteiger partial charge in [0.1, 0.15) is 0 Å². The van der Waals surface area contributed by atoms with Gasteiger partial charge in [-0.1, -0.05) is 0 Å². The second-order valence-electron chi connectivity index (χ2n) is 2.40. The molecule has 9 heteroatoms. The van der Waals surface area contributed by atoms with Crippen molar-refractivity contribution >= 4 is 11.6 Å². The molecule has 0 spiro atoms. The maximum Gasteiger partial charge on any atom is 0.400 e. The van der Waals surface area contributed by atoms with Gasteiger partial charge in [-0.25, -0.2) is 4.39 Å². The van der Waals surface area contributed by atoms with Gasteiger partial charge in [-0.3, -0.25) is 29.8 Å². The summed E-state index contributed by atoms with van der Waals surface area (Å²) in [6, 6.07) is 0. The van der Waals surface area contributed by atoms with Gasteiger partial charge in [0.2, 0.25) is 0 Å². The summed E-state index contributed by atoms with van der Waals surface area (Å²) in [5.41, 5.74) is -3.17. The fourth-order valence-corrected chi connectivity index (χ4v) is 0.932. The summed E-state index contributed by atoms with van der Waals surface area (Å²) in [5.74, 6) is -4.97. The summed E-state index contributed by atoms with van der Waals surface area (Å²) < 4.78 is 12.6. The molecule has 0 aromatic heterocycles. The summed E-state index contributed by atoms with van der Waals surface area (Å²) in [6.07, 6.45) is 0.0491. The number of hydrogen-bond donors (Lipinski definition) is 0. The smallest absolute Gasteiger partial charge is 0.282 e. The molecule has 1 aliphatic carbocycles. The van der Waals surface area contributed by atoms with Gasteiger partial charge in [0.05, 0.1) is 9.85 Å². The van der Waals surface area contributed by atoms with Crippen LogP contribution in [0.4, 0.5) is 4.39 Å². The number of ketones is 2. The normalized spacial score (nSPS) is 16.5. The minimum absolute atomic E-state index is 0.0491. The SMILES string of the molecule is O=C1C=C(F)C(=O)C([N+](=O)[O-])=C1[N+](=O)[O-]. The molecule has 0 bridgehead atoms. The van der Waals surface area contributed by atoms with E-state index in [-0.39, 0.29) is 6.08 Å². The molecule has 1 aliphatic rings.